The molecule has 2 aromatic carbocycles. The van der Waals surface area contributed by atoms with Crippen molar-refractivity contribution in [1.29, 1.82) is 0 Å². The van der Waals surface area contributed by atoms with Crippen molar-refractivity contribution in [2.75, 3.05) is 11.9 Å². The van der Waals surface area contributed by atoms with E-state index in [-0.39, 0.29) is 12.5 Å². The van der Waals surface area contributed by atoms with E-state index in [1.54, 1.807) is 24.3 Å². The number of fused-ring (bicyclic) bond motifs is 1. The summed E-state index contributed by atoms with van der Waals surface area (Å²) in [7, 11) is 0. The third-order valence-electron chi connectivity index (χ3n) is 4.05. The summed E-state index contributed by atoms with van der Waals surface area (Å²) in [6, 6.07) is 12.1. The largest absolute Gasteiger partial charge is 0.484 e. The molecule has 140 valence electrons. The summed E-state index contributed by atoms with van der Waals surface area (Å²) in [5.74, 6) is 0.649. The number of carbonyl (C=O) groups excluding carboxylic acids is 2. The van der Waals surface area contributed by atoms with E-state index in [9.17, 15) is 9.59 Å². The smallest absolute Gasteiger partial charge is 0.255 e. The van der Waals surface area contributed by atoms with Crippen molar-refractivity contribution in [1.82, 2.24) is 9.97 Å². The van der Waals surface area contributed by atoms with E-state index in [0.717, 1.165) is 36.1 Å². The van der Waals surface area contributed by atoms with E-state index < -0.39 is 5.91 Å². The van der Waals surface area contributed by atoms with Crippen molar-refractivity contribution in [3.05, 3.63) is 53.9 Å². The number of anilines is 1. The molecule has 2 amide bonds. The highest BCUT2D eigenvalue weighted by Crippen LogP contribution is 2.19. The maximum Gasteiger partial charge on any atom is 0.255 e. The van der Waals surface area contributed by atoms with Crippen molar-refractivity contribution in [2.24, 2.45) is 5.73 Å². The quantitative estimate of drug-likeness (QED) is 0.569. The number of hydrogen-bond donors (Lipinski definition) is 3. The fraction of sp³-hybridized carbons (Fsp3) is 0.250. The zero-order valence-corrected chi connectivity index (χ0v) is 15.1. The molecule has 0 radical (unpaired) electrons. The summed E-state index contributed by atoms with van der Waals surface area (Å²) >= 11 is 0. The van der Waals surface area contributed by atoms with Gasteiger partial charge < -0.3 is 20.8 Å². The van der Waals surface area contributed by atoms with Crippen LogP contribution in [0.4, 0.5) is 5.69 Å². The summed E-state index contributed by atoms with van der Waals surface area (Å²) in [4.78, 5) is 31.0. The summed E-state index contributed by atoms with van der Waals surface area (Å²) < 4.78 is 5.18. The molecule has 0 unspecified atom stereocenters. The first-order valence-electron chi connectivity index (χ1n) is 8.86. The topological polar surface area (TPSA) is 110 Å². The molecule has 4 N–H and O–H groups in total. The maximum atomic E-state index is 12.4. The van der Waals surface area contributed by atoms with Gasteiger partial charge in [-0.05, 0) is 48.9 Å². The Morgan fingerprint density at radius 2 is 1.96 bits per heavy atom. The van der Waals surface area contributed by atoms with Crippen LogP contribution in [0.3, 0.4) is 0 Å². The minimum atomic E-state index is -0.552. The summed E-state index contributed by atoms with van der Waals surface area (Å²) in [6.45, 7) is 1.95. The van der Waals surface area contributed by atoms with Gasteiger partial charge in [-0.3, -0.25) is 9.59 Å². The van der Waals surface area contributed by atoms with Crippen LogP contribution in [0.5, 0.6) is 5.75 Å². The zero-order chi connectivity index (χ0) is 19.2. The lowest BCUT2D eigenvalue weighted by molar-refractivity contribution is -0.119. The molecule has 1 aromatic heterocycles. The molecule has 27 heavy (non-hydrogen) atoms. The first-order chi connectivity index (χ1) is 13.0. The van der Waals surface area contributed by atoms with Gasteiger partial charge in [0, 0.05) is 17.7 Å². The van der Waals surface area contributed by atoms with Gasteiger partial charge in [-0.1, -0.05) is 13.3 Å². The van der Waals surface area contributed by atoms with Crippen molar-refractivity contribution < 1.29 is 14.3 Å². The lowest BCUT2D eigenvalue weighted by Gasteiger charge is -2.07. The van der Waals surface area contributed by atoms with Gasteiger partial charge in [-0.25, -0.2) is 4.98 Å². The number of H-pyrrole nitrogens is 1. The number of ether oxygens (including phenoxy) is 1. The van der Waals surface area contributed by atoms with Crippen LogP contribution in [0.15, 0.2) is 42.5 Å². The first kappa shape index (κ1) is 18.4. The Kier molecular flexibility index (Phi) is 5.71. The van der Waals surface area contributed by atoms with Crippen LogP contribution in [0.1, 0.15) is 35.9 Å². The number of aromatic nitrogens is 2. The van der Waals surface area contributed by atoms with Crippen LogP contribution < -0.4 is 15.8 Å². The van der Waals surface area contributed by atoms with Gasteiger partial charge in [0.15, 0.2) is 6.61 Å². The van der Waals surface area contributed by atoms with Gasteiger partial charge >= 0.3 is 0 Å². The molecule has 1 heterocycles. The van der Waals surface area contributed by atoms with Crippen molar-refractivity contribution >= 4 is 28.5 Å². The predicted molar refractivity (Wildman–Crippen MR) is 104 cm³/mol. The lowest BCUT2D eigenvalue weighted by atomic mass is 10.2. The van der Waals surface area contributed by atoms with Gasteiger partial charge in [-0.15, -0.1) is 0 Å². The Morgan fingerprint density at radius 1 is 1.19 bits per heavy atom. The number of hydrogen-bond acceptors (Lipinski definition) is 4. The van der Waals surface area contributed by atoms with Crippen LogP contribution in [-0.2, 0) is 11.2 Å². The summed E-state index contributed by atoms with van der Waals surface area (Å²) in [5.41, 5.74) is 7.98. The van der Waals surface area contributed by atoms with E-state index in [2.05, 4.69) is 22.2 Å². The number of nitrogens with one attached hydrogen (secondary N) is 2. The highest BCUT2D eigenvalue weighted by molar-refractivity contribution is 6.05. The standard InChI is InChI=1S/C20H22N4O3/c1-2-3-4-19-23-16-10-7-14(11-17(16)24-19)22-20(26)13-5-8-15(9-6-13)27-12-18(21)25/h5-11H,2-4,12H2,1H3,(H2,21,25)(H,22,26)(H,23,24). The average molecular weight is 366 g/mol. The van der Waals surface area contributed by atoms with Crippen LogP contribution in [-0.4, -0.2) is 28.4 Å². The molecule has 3 rings (SSSR count). The minimum Gasteiger partial charge on any atom is -0.484 e. The number of aryl methyl sites for hydroxylation is 1. The van der Waals surface area contributed by atoms with Crippen LogP contribution >= 0.6 is 0 Å². The van der Waals surface area contributed by atoms with Crippen LogP contribution in [0, 0.1) is 0 Å². The molecule has 0 fully saturated rings. The molecule has 0 spiro atoms. The number of carbonyl (C=O) groups is 2. The second-order valence-electron chi connectivity index (χ2n) is 6.25. The van der Waals surface area contributed by atoms with Gasteiger partial charge in [0.05, 0.1) is 11.0 Å². The molecule has 0 aliphatic heterocycles. The molecule has 7 heteroatoms. The number of benzene rings is 2. The number of unbranched alkanes of at least 4 members (excludes halogenated alkanes) is 1. The number of imidazole rings is 1. The molecule has 3 aromatic rings. The second kappa shape index (κ2) is 8.35. The first-order valence-corrected chi connectivity index (χ1v) is 8.86. The third kappa shape index (κ3) is 4.84. The molecule has 0 bridgehead atoms. The predicted octanol–water partition coefficient (Wildman–Crippen LogP) is 3.02. The monoisotopic (exact) mass is 366 g/mol. The van der Waals surface area contributed by atoms with Gasteiger partial charge in [0.1, 0.15) is 11.6 Å². The fourth-order valence-corrected chi connectivity index (χ4v) is 2.66. The number of amides is 2. The average Bonchev–Trinajstić information content (AvgIpc) is 3.07. The van der Waals surface area contributed by atoms with E-state index >= 15 is 0 Å². The highest BCUT2D eigenvalue weighted by atomic mass is 16.5. The maximum absolute atomic E-state index is 12.4. The van der Waals surface area contributed by atoms with E-state index in [4.69, 9.17) is 10.5 Å². The van der Waals surface area contributed by atoms with Crippen LogP contribution in [0.2, 0.25) is 0 Å². The Hall–Kier alpha value is -3.35. The molecule has 0 saturated carbocycles. The van der Waals surface area contributed by atoms with Crippen molar-refractivity contribution in [3.63, 3.8) is 0 Å². The zero-order valence-electron chi connectivity index (χ0n) is 15.1. The molecular weight excluding hydrogens is 344 g/mol. The molecule has 7 nitrogen and oxygen atoms in total. The Bertz CT molecular complexity index is 948. The Balaban J connectivity index is 1.67. The molecule has 0 saturated heterocycles. The molecule has 0 aliphatic carbocycles. The van der Waals surface area contributed by atoms with Gasteiger partial charge in [0.2, 0.25) is 0 Å². The molecule has 0 aliphatic rings. The minimum absolute atomic E-state index is 0.198. The SMILES string of the molecule is CCCCc1nc2ccc(NC(=O)c3ccc(OCC(N)=O)cc3)cc2[nH]1. The Labute approximate surface area is 156 Å². The highest BCUT2D eigenvalue weighted by Gasteiger charge is 2.09. The van der Waals surface area contributed by atoms with Crippen molar-refractivity contribution in [3.8, 4) is 5.75 Å². The molecule has 0 atom stereocenters. The van der Waals surface area contributed by atoms with Gasteiger partial charge in [-0.2, -0.15) is 0 Å². The lowest BCUT2D eigenvalue weighted by Crippen LogP contribution is -2.20. The number of primary amides is 1. The number of nitrogens with zero attached hydrogens (tertiary/aromatic N) is 1. The van der Waals surface area contributed by atoms with E-state index in [1.807, 2.05) is 18.2 Å². The third-order valence-corrected chi connectivity index (χ3v) is 4.05. The summed E-state index contributed by atoms with van der Waals surface area (Å²) in [6.07, 6.45) is 3.12. The number of nitrogens with two attached hydrogens (primary N) is 1. The number of rotatable bonds is 8. The number of aromatic amines is 1. The van der Waals surface area contributed by atoms with Crippen molar-refractivity contribution in [2.45, 2.75) is 26.2 Å². The second-order valence-corrected chi connectivity index (χ2v) is 6.25. The normalized spacial score (nSPS) is 10.7. The van der Waals surface area contributed by atoms with Crippen LogP contribution in [0.25, 0.3) is 11.0 Å². The van der Waals surface area contributed by atoms with E-state index in [1.165, 1.54) is 0 Å². The molecular formula is C20H22N4O3. The van der Waals surface area contributed by atoms with E-state index in [0.29, 0.717) is 17.0 Å². The fourth-order valence-electron chi connectivity index (χ4n) is 2.66. The van der Waals surface area contributed by atoms with Gasteiger partial charge in [0.25, 0.3) is 11.8 Å². The summed E-state index contributed by atoms with van der Waals surface area (Å²) in [5, 5.41) is 2.87. The Morgan fingerprint density at radius 3 is 2.67 bits per heavy atom.